The Bertz CT molecular complexity index is 4000. The van der Waals surface area contributed by atoms with Gasteiger partial charge in [-0.1, -0.05) is 122 Å². The maximum absolute atomic E-state index is 13.6. The topological polar surface area (TPSA) is 260 Å². The number of aromatic amines is 1. The fourth-order valence-corrected chi connectivity index (χ4v) is 12.9. The van der Waals surface area contributed by atoms with Crippen molar-refractivity contribution in [3.05, 3.63) is 236 Å². The summed E-state index contributed by atoms with van der Waals surface area (Å²) in [6.07, 6.45) is -0.568. The van der Waals surface area contributed by atoms with Crippen LogP contribution in [0.4, 0.5) is 10.6 Å². The van der Waals surface area contributed by atoms with Gasteiger partial charge in [0.15, 0.2) is 17.0 Å². The van der Waals surface area contributed by atoms with Gasteiger partial charge in [0.1, 0.15) is 54.7 Å². The summed E-state index contributed by atoms with van der Waals surface area (Å²) in [5, 5.41) is 17.2. The van der Waals surface area contributed by atoms with Crippen molar-refractivity contribution in [1.82, 2.24) is 34.4 Å². The van der Waals surface area contributed by atoms with Gasteiger partial charge in [0.05, 0.1) is 52.6 Å². The Hall–Kier alpha value is -8.96. The summed E-state index contributed by atoms with van der Waals surface area (Å²) in [6.45, 7) is 3.96. The summed E-state index contributed by atoms with van der Waals surface area (Å²) < 4.78 is 59.7. The number of methoxy groups -OCH3 is 2. The number of rotatable bonds is 24. The van der Waals surface area contributed by atoms with Gasteiger partial charge in [0.2, 0.25) is 0 Å². The van der Waals surface area contributed by atoms with Gasteiger partial charge in [-0.3, -0.25) is 23.7 Å². The summed E-state index contributed by atoms with van der Waals surface area (Å²) in [5.41, 5.74) is 6.56. The molecule has 0 bridgehead atoms. The SMILES string of the molecule is CCCOP(OC[C@H]1O[C@@H](n2cnc3c(NC(=O)c4ccc(CNC(=O)OCC5c6ccccc6-c6ccccc65)cc4)ncnc32)CC1O)OC1C[C@H](n2cc(C)c(=O)[nH]c2=O)O[C@@H]1COC(c1ccccc1)(c1ccc(OC)cc1)c1ccc(OC)cc1. The zero-order valence-electron chi connectivity index (χ0n) is 49.8. The van der Waals surface area contributed by atoms with Crippen molar-refractivity contribution in [1.29, 1.82) is 0 Å². The first-order valence-corrected chi connectivity index (χ1v) is 30.7. The Labute approximate surface area is 519 Å². The minimum atomic E-state index is -2.17. The Balaban J connectivity index is 0.706. The van der Waals surface area contributed by atoms with E-state index in [0.29, 0.717) is 40.2 Å². The summed E-state index contributed by atoms with van der Waals surface area (Å²) in [4.78, 5) is 68.3. The number of hydrogen-bond donors (Lipinski definition) is 4. The van der Waals surface area contributed by atoms with Crippen molar-refractivity contribution >= 4 is 37.6 Å². The van der Waals surface area contributed by atoms with Gasteiger partial charge in [0.25, 0.3) is 11.5 Å². The molecule has 0 radical (unpaired) electrons. The molecule has 3 aliphatic rings. The number of carbonyl (C=O) groups is 2. The number of nitrogens with zero attached hydrogens (tertiary/aromatic N) is 5. The predicted octanol–water partition coefficient (Wildman–Crippen LogP) is 9.99. The molecule has 2 fully saturated rings. The first-order valence-electron chi connectivity index (χ1n) is 29.6. The third kappa shape index (κ3) is 12.9. The number of imidazole rings is 1. The van der Waals surface area contributed by atoms with Crippen LogP contribution < -0.4 is 31.4 Å². The number of alkyl carbamates (subject to hydrolysis) is 1. The maximum atomic E-state index is 13.6. The Morgan fingerprint density at radius 3 is 2.02 bits per heavy atom. The Morgan fingerprint density at radius 2 is 1.36 bits per heavy atom. The van der Waals surface area contributed by atoms with E-state index in [1.54, 1.807) is 50.0 Å². The lowest BCUT2D eigenvalue weighted by atomic mass is 9.80. The number of hydrogen-bond acceptors (Lipinski definition) is 17. The van der Waals surface area contributed by atoms with Crippen LogP contribution in [-0.4, -0.2) is 111 Å². The van der Waals surface area contributed by atoms with Crippen LogP contribution in [0.1, 0.15) is 93.9 Å². The second-order valence-corrected chi connectivity index (χ2v) is 23.1. The van der Waals surface area contributed by atoms with E-state index in [2.05, 4.69) is 54.8 Å². The monoisotopic (exact) mass is 1240 g/mol. The predicted molar refractivity (Wildman–Crippen MR) is 333 cm³/mol. The highest BCUT2D eigenvalue weighted by Crippen LogP contribution is 2.49. The van der Waals surface area contributed by atoms with Crippen molar-refractivity contribution in [3.8, 4) is 22.6 Å². The van der Waals surface area contributed by atoms with Crippen LogP contribution >= 0.6 is 8.60 Å². The number of fused-ring (bicyclic) bond motifs is 4. The van der Waals surface area contributed by atoms with Crippen LogP contribution in [0.2, 0.25) is 0 Å². The highest BCUT2D eigenvalue weighted by atomic mass is 31.2. The van der Waals surface area contributed by atoms with E-state index in [1.807, 2.05) is 110 Å². The molecule has 6 aromatic carbocycles. The van der Waals surface area contributed by atoms with E-state index in [9.17, 15) is 24.3 Å². The lowest BCUT2D eigenvalue weighted by Crippen LogP contribution is -2.38. The molecule has 0 saturated carbocycles. The highest BCUT2D eigenvalue weighted by Gasteiger charge is 2.45. The molecule has 2 saturated heterocycles. The van der Waals surface area contributed by atoms with Crippen LogP contribution in [0.3, 0.4) is 0 Å². The summed E-state index contributed by atoms with van der Waals surface area (Å²) in [5.74, 6) is 0.959. The normalized spacial score (nSPS) is 19.1. The van der Waals surface area contributed by atoms with Gasteiger partial charge in [-0.25, -0.2) is 24.5 Å². The molecule has 9 aromatic rings. The van der Waals surface area contributed by atoms with Crippen LogP contribution in [0, 0.1) is 6.92 Å². The quantitative estimate of drug-likeness (QED) is 0.0324. The smallest absolute Gasteiger partial charge is 0.407 e. The molecular formula is C67H67N8O14P. The van der Waals surface area contributed by atoms with E-state index in [1.165, 1.54) is 23.4 Å². The third-order valence-corrected chi connectivity index (χ3v) is 17.5. The number of anilines is 1. The molecule has 22 nitrogen and oxygen atoms in total. The average Bonchev–Trinajstić information content (AvgIpc) is 1.56. The van der Waals surface area contributed by atoms with Gasteiger partial charge in [-0.15, -0.1) is 0 Å². The largest absolute Gasteiger partial charge is 0.497 e. The first kappa shape index (κ1) is 61.3. The number of benzene rings is 6. The van der Waals surface area contributed by atoms with Gasteiger partial charge < -0.3 is 57.7 Å². The van der Waals surface area contributed by atoms with Crippen molar-refractivity contribution in [3.63, 3.8) is 0 Å². The maximum Gasteiger partial charge on any atom is 0.407 e. The van der Waals surface area contributed by atoms with Crippen molar-refractivity contribution in [2.45, 2.75) is 88.0 Å². The number of aryl methyl sites for hydroxylation is 1. The van der Waals surface area contributed by atoms with Gasteiger partial charge >= 0.3 is 20.4 Å². The molecule has 2 aliphatic heterocycles. The lowest BCUT2D eigenvalue weighted by molar-refractivity contribution is -0.0940. The van der Waals surface area contributed by atoms with Crippen LogP contribution in [0.5, 0.6) is 11.5 Å². The van der Waals surface area contributed by atoms with E-state index in [-0.39, 0.29) is 57.5 Å². The Morgan fingerprint density at radius 1 is 0.722 bits per heavy atom. The molecule has 23 heteroatoms. The fourth-order valence-electron chi connectivity index (χ4n) is 11.7. The molecule has 3 unspecified atom stereocenters. The van der Waals surface area contributed by atoms with Crippen LogP contribution in [-0.2, 0) is 44.7 Å². The molecule has 3 aromatic heterocycles. The molecule has 1 aliphatic carbocycles. The molecule has 4 N–H and O–H groups in total. The van der Waals surface area contributed by atoms with E-state index >= 15 is 0 Å². The standard InChI is InChI=1S/C67H67N8O14P/c1-5-31-85-90(89-55-33-59(74-35-41(2)63(77)73-65(74)79)88-57(55)37-84-67(44-13-7-6-8-14-44,45-23-27-47(81-3)28-24-45)46-25-29-48(82-4)30-26-46)86-38-56-54(76)32-58(87-56)75-40-71-60-61(69-39-70-62(60)75)72-64(78)43-21-19-42(20-22-43)34-68-66(80)83-36-53-51-17-11-9-15-49(51)50-16-10-12-18-52(50)53/h6-30,35,39-40,53-59,76H,5,31-34,36-38H2,1-4H3,(H,68,80)(H,73,77,79)(H,69,70,72,78)/t54?,55?,56-,57-,58-,59-,90?/m1/s1. The van der Waals surface area contributed by atoms with E-state index in [4.69, 9.17) is 42.0 Å². The highest BCUT2D eigenvalue weighted by molar-refractivity contribution is 7.41. The molecule has 90 heavy (non-hydrogen) atoms. The number of H-pyrrole nitrogens is 1. The van der Waals surface area contributed by atoms with E-state index < -0.39 is 74.3 Å². The molecule has 5 heterocycles. The molecule has 464 valence electrons. The fraction of sp³-hybridized carbons (Fsp3) is 0.299. The van der Waals surface area contributed by atoms with Crippen molar-refractivity contribution in [2.24, 2.45) is 0 Å². The molecule has 12 rings (SSSR count). The second-order valence-electron chi connectivity index (χ2n) is 22.0. The average molecular weight is 1240 g/mol. The number of ether oxygens (including phenoxy) is 6. The number of aliphatic hydroxyl groups excluding tert-OH is 1. The third-order valence-electron chi connectivity index (χ3n) is 16.3. The second kappa shape index (κ2) is 27.4. The number of aromatic nitrogens is 6. The number of amides is 2. The number of nitrogens with one attached hydrogen (secondary N) is 3. The molecular weight excluding hydrogens is 1170 g/mol. The first-order chi connectivity index (χ1) is 43.9. The van der Waals surface area contributed by atoms with Gasteiger partial charge in [-0.2, -0.15) is 0 Å². The summed E-state index contributed by atoms with van der Waals surface area (Å²) in [6, 6.07) is 48.1. The van der Waals surface area contributed by atoms with Crippen molar-refractivity contribution < 1.29 is 56.7 Å². The van der Waals surface area contributed by atoms with Gasteiger partial charge in [-0.05, 0) is 94.3 Å². The summed E-state index contributed by atoms with van der Waals surface area (Å²) in [7, 11) is 1.04. The molecule has 0 spiro atoms. The lowest BCUT2D eigenvalue weighted by Gasteiger charge is -2.37. The van der Waals surface area contributed by atoms with Crippen LogP contribution in [0.25, 0.3) is 22.3 Å². The number of carbonyl (C=O) groups excluding carboxylic acids is 2. The molecule has 2 amide bonds. The Kier molecular flexibility index (Phi) is 18.7. The van der Waals surface area contributed by atoms with Crippen LogP contribution in [0.15, 0.2) is 180 Å². The van der Waals surface area contributed by atoms with E-state index in [0.717, 1.165) is 44.5 Å². The zero-order chi connectivity index (χ0) is 62.3. The number of aliphatic hydroxyl groups is 1. The molecule has 7 atom stereocenters. The summed E-state index contributed by atoms with van der Waals surface area (Å²) >= 11 is 0. The zero-order valence-corrected chi connectivity index (χ0v) is 50.7. The van der Waals surface area contributed by atoms with Crippen molar-refractivity contribution in [2.75, 3.05) is 46.0 Å². The minimum absolute atomic E-state index is 0.0641. The van der Waals surface area contributed by atoms with Gasteiger partial charge in [0, 0.05) is 42.6 Å². The minimum Gasteiger partial charge on any atom is -0.497 e.